The fourth-order valence-corrected chi connectivity index (χ4v) is 2.41. The smallest absolute Gasteiger partial charge is 0.355 e. The van der Waals surface area contributed by atoms with E-state index in [9.17, 15) is 14.4 Å². The summed E-state index contributed by atoms with van der Waals surface area (Å²) in [6.45, 7) is 4.93. The highest BCUT2D eigenvalue weighted by Crippen LogP contribution is 2.21. The monoisotopic (exact) mass is 349 g/mol. The molecule has 2 aromatic rings. The molecule has 0 aliphatic heterocycles. The number of aromatic nitrogens is 1. The molecule has 134 valence electrons. The van der Waals surface area contributed by atoms with E-state index in [1.165, 1.54) is 19.4 Å². The molecule has 0 aliphatic rings. The van der Waals surface area contributed by atoms with Crippen LogP contribution in [-0.2, 0) is 20.8 Å². The molecule has 2 aromatic heterocycles. The Morgan fingerprint density at radius 3 is 2.48 bits per heavy atom. The average Bonchev–Trinajstić information content (AvgIpc) is 3.16. The van der Waals surface area contributed by atoms with Crippen molar-refractivity contribution < 1.29 is 33.0 Å². The first-order valence-electron chi connectivity index (χ1n) is 7.58. The molecule has 25 heavy (non-hydrogen) atoms. The van der Waals surface area contributed by atoms with Gasteiger partial charge in [0, 0.05) is 5.69 Å². The number of nitrogens with one attached hydrogen (secondary N) is 1. The minimum Gasteiger partial charge on any atom is -0.465 e. The Morgan fingerprint density at radius 2 is 1.84 bits per heavy atom. The van der Waals surface area contributed by atoms with E-state index in [4.69, 9.17) is 18.6 Å². The van der Waals surface area contributed by atoms with Crippen molar-refractivity contribution in [1.82, 2.24) is 4.98 Å². The van der Waals surface area contributed by atoms with Crippen LogP contribution in [0.2, 0.25) is 0 Å². The van der Waals surface area contributed by atoms with Gasteiger partial charge in [-0.15, -0.1) is 0 Å². The van der Waals surface area contributed by atoms with Crippen molar-refractivity contribution in [2.24, 2.45) is 0 Å². The van der Waals surface area contributed by atoms with E-state index in [2.05, 4.69) is 4.98 Å². The molecule has 0 atom stereocenters. The minimum atomic E-state index is -0.679. The van der Waals surface area contributed by atoms with E-state index in [0.717, 1.165) is 0 Å². The number of hydrogen-bond donors (Lipinski definition) is 1. The van der Waals surface area contributed by atoms with Gasteiger partial charge in [0.05, 0.1) is 25.5 Å². The second-order valence-electron chi connectivity index (χ2n) is 5.17. The summed E-state index contributed by atoms with van der Waals surface area (Å²) in [7, 11) is 1.26. The first kappa shape index (κ1) is 18.3. The lowest BCUT2D eigenvalue weighted by atomic mass is 10.1. The SMILES string of the molecule is CCOC(=O)c1ccoc1COC(=O)c1[nH]c(C)c(C(=O)OC)c1C. The molecule has 0 saturated heterocycles. The fraction of sp³-hybridized carbons (Fsp3) is 0.353. The van der Waals surface area contributed by atoms with Gasteiger partial charge >= 0.3 is 17.9 Å². The van der Waals surface area contributed by atoms with Crippen molar-refractivity contribution >= 4 is 17.9 Å². The standard InChI is InChI=1S/C17H19NO7/c1-5-23-15(19)11-6-7-24-12(11)8-25-17(21)14-9(2)13(10(3)18-14)16(20)22-4/h6-7,18H,5,8H2,1-4H3. The highest BCUT2D eigenvalue weighted by Gasteiger charge is 2.24. The van der Waals surface area contributed by atoms with E-state index in [-0.39, 0.29) is 30.2 Å². The van der Waals surface area contributed by atoms with Crippen LogP contribution in [0.4, 0.5) is 0 Å². The predicted octanol–water partition coefficient (Wildman–Crippen LogP) is 2.54. The van der Waals surface area contributed by atoms with Gasteiger partial charge in [0.1, 0.15) is 11.3 Å². The van der Waals surface area contributed by atoms with Gasteiger partial charge in [0.25, 0.3) is 0 Å². The Labute approximate surface area is 144 Å². The zero-order valence-electron chi connectivity index (χ0n) is 14.4. The number of carbonyl (C=O) groups is 3. The summed E-state index contributed by atoms with van der Waals surface area (Å²) >= 11 is 0. The molecule has 1 N–H and O–H groups in total. The third kappa shape index (κ3) is 3.73. The molecule has 8 nitrogen and oxygen atoms in total. The van der Waals surface area contributed by atoms with Gasteiger partial charge in [-0.2, -0.15) is 0 Å². The van der Waals surface area contributed by atoms with Crippen LogP contribution >= 0.6 is 0 Å². The van der Waals surface area contributed by atoms with Gasteiger partial charge in [-0.1, -0.05) is 0 Å². The molecule has 0 radical (unpaired) electrons. The second kappa shape index (κ2) is 7.69. The number of methoxy groups -OCH3 is 1. The van der Waals surface area contributed by atoms with E-state index in [0.29, 0.717) is 16.8 Å². The molecule has 2 rings (SSSR count). The normalized spacial score (nSPS) is 10.4. The van der Waals surface area contributed by atoms with Gasteiger partial charge < -0.3 is 23.6 Å². The third-order valence-corrected chi connectivity index (χ3v) is 3.61. The lowest BCUT2D eigenvalue weighted by molar-refractivity contribution is 0.0417. The Morgan fingerprint density at radius 1 is 1.12 bits per heavy atom. The van der Waals surface area contributed by atoms with Crippen LogP contribution in [0.15, 0.2) is 16.7 Å². The van der Waals surface area contributed by atoms with E-state index < -0.39 is 17.9 Å². The summed E-state index contributed by atoms with van der Waals surface area (Å²) in [6, 6.07) is 1.45. The summed E-state index contributed by atoms with van der Waals surface area (Å²) < 4.78 is 19.9. The van der Waals surface area contributed by atoms with Crippen LogP contribution in [0.1, 0.15) is 55.1 Å². The van der Waals surface area contributed by atoms with Crippen molar-refractivity contribution in [1.29, 1.82) is 0 Å². The predicted molar refractivity (Wildman–Crippen MR) is 85.4 cm³/mol. The molecular weight excluding hydrogens is 330 g/mol. The highest BCUT2D eigenvalue weighted by molar-refractivity contribution is 5.98. The topological polar surface area (TPSA) is 108 Å². The lowest BCUT2D eigenvalue weighted by Crippen LogP contribution is -2.11. The molecule has 2 heterocycles. The van der Waals surface area contributed by atoms with Crippen molar-refractivity contribution in [3.05, 3.63) is 46.2 Å². The molecular formula is C17H19NO7. The summed E-state index contributed by atoms with van der Waals surface area (Å²) in [4.78, 5) is 38.6. The van der Waals surface area contributed by atoms with Gasteiger partial charge in [0.2, 0.25) is 0 Å². The number of esters is 3. The lowest BCUT2D eigenvalue weighted by Gasteiger charge is -2.05. The molecule has 0 aliphatic carbocycles. The number of rotatable bonds is 6. The second-order valence-corrected chi connectivity index (χ2v) is 5.17. The van der Waals surface area contributed by atoms with Crippen molar-refractivity contribution in [2.45, 2.75) is 27.4 Å². The molecule has 0 fully saturated rings. The summed E-state index contributed by atoms with van der Waals surface area (Å²) in [5, 5.41) is 0. The molecule has 8 heteroatoms. The summed E-state index contributed by atoms with van der Waals surface area (Å²) in [5.41, 5.74) is 1.56. The number of aromatic amines is 1. The number of hydrogen-bond acceptors (Lipinski definition) is 7. The molecule has 0 aromatic carbocycles. The van der Waals surface area contributed by atoms with Crippen LogP contribution in [0.5, 0.6) is 0 Å². The van der Waals surface area contributed by atoms with Gasteiger partial charge in [-0.3, -0.25) is 0 Å². The maximum atomic E-state index is 12.3. The fourth-order valence-electron chi connectivity index (χ4n) is 2.41. The zero-order valence-corrected chi connectivity index (χ0v) is 14.4. The molecule has 0 amide bonds. The van der Waals surface area contributed by atoms with Crippen molar-refractivity contribution in [3.8, 4) is 0 Å². The van der Waals surface area contributed by atoms with E-state index in [1.807, 2.05) is 0 Å². The molecule has 0 spiro atoms. The van der Waals surface area contributed by atoms with E-state index in [1.54, 1.807) is 20.8 Å². The first-order valence-corrected chi connectivity index (χ1v) is 7.58. The maximum absolute atomic E-state index is 12.3. The Hall–Kier alpha value is -3.03. The highest BCUT2D eigenvalue weighted by atomic mass is 16.5. The Bertz CT molecular complexity index is 800. The van der Waals surface area contributed by atoms with Crippen LogP contribution in [0, 0.1) is 13.8 Å². The van der Waals surface area contributed by atoms with Crippen LogP contribution in [0.3, 0.4) is 0 Å². The Kier molecular flexibility index (Phi) is 5.63. The molecule has 0 bridgehead atoms. The zero-order chi connectivity index (χ0) is 18.6. The maximum Gasteiger partial charge on any atom is 0.355 e. The number of aryl methyl sites for hydroxylation is 1. The van der Waals surface area contributed by atoms with Crippen LogP contribution in [0.25, 0.3) is 0 Å². The van der Waals surface area contributed by atoms with Crippen LogP contribution < -0.4 is 0 Å². The molecule has 0 unspecified atom stereocenters. The van der Waals surface area contributed by atoms with Gasteiger partial charge in [-0.05, 0) is 32.4 Å². The number of ether oxygens (including phenoxy) is 3. The molecule has 0 saturated carbocycles. The first-order chi connectivity index (χ1) is 11.9. The average molecular weight is 349 g/mol. The van der Waals surface area contributed by atoms with Crippen molar-refractivity contribution in [2.75, 3.05) is 13.7 Å². The van der Waals surface area contributed by atoms with Gasteiger partial charge in [0.15, 0.2) is 12.4 Å². The minimum absolute atomic E-state index is 0.141. The third-order valence-electron chi connectivity index (χ3n) is 3.61. The summed E-state index contributed by atoms with van der Waals surface area (Å²) in [6.07, 6.45) is 1.31. The van der Waals surface area contributed by atoms with Crippen LogP contribution in [-0.4, -0.2) is 36.6 Å². The Balaban J connectivity index is 2.13. The quantitative estimate of drug-likeness (QED) is 0.630. The number of H-pyrrole nitrogens is 1. The largest absolute Gasteiger partial charge is 0.465 e. The number of carbonyl (C=O) groups excluding carboxylic acids is 3. The van der Waals surface area contributed by atoms with E-state index >= 15 is 0 Å². The number of furan rings is 1. The van der Waals surface area contributed by atoms with Crippen molar-refractivity contribution in [3.63, 3.8) is 0 Å². The summed E-state index contributed by atoms with van der Waals surface area (Å²) in [5.74, 6) is -1.59. The van der Waals surface area contributed by atoms with Gasteiger partial charge in [-0.25, -0.2) is 14.4 Å².